The van der Waals surface area contributed by atoms with Crippen molar-refractivity contribution in [3.8, 4) is 0 Å². The van der Waals surface area contributed by atoms with E-state index in [2.05, 4.69) is 91.7 Å². The molecule has 0 fully saturated rings. The molecule has 0 aliphatic heterocycles. The molecule has 0 spiro atoms. The summed E-state index contributed by atoms with van der Waals surface area (Å²) in [6, 6.07) is 0. The third-order valence-corrected chi connectivity index (χ3v) is 25.4. The molecule has 0 aliphatic rings. The molecule has 0 aliphatic carbocycles. The minimum atomic E-state index is -2.43. The Bertz CT molecular complexity index is 485. The standard InChI is InChI=1S/C16H42O5Si6/c1-15-22(3,4)17-24(7,8)19-26(11,12)21-27(13,14)20-25(9,10)18-23(5,6)16-2/h15-16H,1-2H2,3-14H3. The van der Waals surface area contributed by atoms with Crippen LogP contribution in [0.25, 0.3) is 0 Å². The first-order valence-electron chi connectivity index (χ1n) is 9.44. The van der Waals surface area contributed by atoms with Gasteiger partial charge in [-0.2, -0.15) is 0 Å². The largest absolute Gasteiger partial charge is 0.433 e. The van der Waals surface area contributed by atoms with E-state index >= 15 is 0 Å². The van der Waals surface area contributed by atoms with Gasteiger partial charge in [0, 0.05) is 0 Å². The minimum Gasteiger partial charge on any atom is -0.433 e. The molecule has 5 nitrogen and oxygen atoms in total. The van der Waals surface area contributed by atoms with E-state index in [-0.39, 0.29) is 0 Å². The summed E-state index contributed by atoms with van der Waals surface area (Å²) in [4.78, 5) is 0. The maximum Gasteiger partial charge on any atom is 0.314 e. The summed E-state index contributed by atoms with van der Waals surface area (Å²) in [7, 11) is -13.4. The molecule has 0 aromatic carbocycles. The lowest BCUT2D eigenvalue weighted by Gasteiger charge is -2.42. The van der Waals surface area contributed by atoms with Crippen molar-refractivity contribution < 1.29 is 20.6 Å². The average Bonchev–Trinajstić information content (AvgIpc) is 2.30. The van der Waals surface area contributed by atoms with Gasteiger partial charge in [-0.25, -0.2) is 0 Å². The molecule has 0 heterocycles. The Morgan fingerprint density at radius 2 is 0.593 bits per heavy atom. The second-order valence-electron chi connectivity index (χ2n) is 9.72. The second-order valence-corrected chi connectivity index (χ2v) is 32.2. The molecule has 0 saturated carbocycles. The van der Waals surface area contributed by atoms with Gasteiger partial charge in [-0.15, -0.1) is 13.2 Å². The lowest BCUT2D eigenvalue weighted by Crippen LogP contribution is -2.59. The van der Waals surface area contributed by atoms with Crippen molar-refractivity contribution in [1.29, 1.82) is 0 Å². The Labute approximate surface area is 174 Å². The zero-order chi connectivity index (χ0) is 21.9. The van der Waals surface area contributed by atoms with Crippen molar-refractivity contribution in [3.63, 3.8) is 0 Å². The number of rotatable bonds is 12. The molecular weight excluding hydrogens is 441 g/mol. The molecule has 0 unspecified atom stereocenters. The fraction of sp³-hybridized carbons (Fsp3) is 0.750. The predicted octanol–water partition coefficient (Wildman–Crippen LogP) is 5.74. The van der Waals surface area contributed by atoms with Crippen molar-refractivity contribution in [2.75, 3.05) is 0 Å². The summed E-state index contributed by atoms with van der Waals surface area (Å²) in [5.74, 6) is 0. The summed E-state index contributed by atoms with van der Waals surface area (Å²) in [5.41, 5.74) is 3.89. The van der Waals surface area contributed by atoms with Crippen LogP contribution in [0.1, 0.15) is 0 Å². The Hall–Kier alpha value is 0.581. The summed E-state index contributed by atoms with van der Waals surface area (Å²) in [6.45, 7) is 33.0. The highest BCUT2D eigenvalue weighted by Gasteiger charge is 2.46. The molecule has 160 valence electrons. The van der Waals surface area contributed by atoms with E-state index in [0.717, 1.165) is 0 Å². The van der Waals surface area contributed by atoms with Gasteiger partial charge in [-0.05, 0) is 78.6 Å². The van der Waals surface area contributed by atoms with E-state index in [1.165, 1.54) is 0 Å². The number of hydrogen-bond acceptors (Lipinski definition) is 5. The van der Waals surface area contributed by atoms with Crippen LogP contribution in [0.3, 0.4) is 0 Å². The van der Waals surface area contributed by atoms with Crippen molar-refractivity contribution in [3.05, 3.63) is 24.6 Å². The van der Waals surface area contributed by atoms with E-state index < -0.39 is 50.9 Å². The highest BCUT2D eigenvalue weighted by Crippen LogP contribution is 2.27. The monoisotopic (exact) mass is 482 g/mol. The van der Waals surface area contributed by atoms with Crippen molar-refractivity contribution in [2.24, 2.45) is 0 Å². The van der Waals surface area contributed by atoms with E-state index in [4.69, 9.17) is 20.6 Å². The van der Waals surface area contributed by atoms with Gasteiger partial charge in [0.25, 0.3) is 0 Å². The number of hydrogen-bond donors (Lipinski definition) is 0. The van der Waals surface area contributed by atoms with E-state index in [0.29, 0.717) is 0 Å². The highest BCUT2D eigenvalue weighted by molar-refractivity contribution is 6.92. The lowest BCUT2D eigenvalue weighted by molar-refractivity contribution is 0.283. The fourth-order valence-corrected chi connectivity index (χ4v) is 30.4. The van der Waals surface area contributed by atoms with Gasteiger partial charge in [0.05, 0.1) is 0 Å². The van der Waals surface area contributed by atoms with Crippen LogP contribution in [-0.2, 0) is 20.6 Å². The molecule has 27 heavy (non-hydrogen) atoms. The third kappa shape index (κ3) is 12.0. The average molecular weight is 483 g/mol. The van der Waals surface area contributed by atoms with Crippen molar-refractivity contribution in [2.45, 2.75) is 78.6 Å². The molecule has 0 radical (unpaired) electrons. The smallest absolute Gasteiger partial charge is 0.314 e. The predicted molar refractivity (Wildman–Crippen MR) is 131 cm³/mol. The third-order valence-electron chi connectivity index (χ3n) is 3.48. The summed E-state index contributed by atoms with van der Waals surface area (Å²) < 4.78 is 32.2. The van der Waals surface area contributed by atoms with E-state index in [1.807, 2.05) is 11.4 Å². The van der Waals surface area contributed by atoms with Gasteiger partial charge in [0.1, 0.15) is 0 Å². The van der Waals surface area contributed by atoms with Crippen LogP contribution in [0, 0.1) is 0 Å². The quantitative estimate of drug-likeness (QED) is 0.332. The van der Waals surface area contributed by atoms with Crippen LogP contribution in [0.15, 0.2) is 24.6 Å². The SMILES string of the molecule is C=C[Si](C)(C)O[Si](C)(C)O[Si](C)(C)O[Si](C)(C)O[Si](C)(C)O[Si](C)(C)C=C. The molecule has 0 atom stereocenters. The summed E-state index contributed by atoms with van der Waals surface area (Å²) in [5, 5.41) is 0. The van der Waals surface area contributed by atoms with Crippen LogP contribution >= 0.6 is 0 Å². The molecule has 0 amide bonds. The Morgan fingerprint density at radius 1 is 0.407 bits per heavy atom. The Morgan fingerprint density at radius 3 is 0.778 bits per heavy atom. The summed E-state index contributed by atoms with van der Waals surface area (Å²) in [6.07, 6.45) is 0. The first-order valence-corrected chi connectivity index (χ1v) is 26.7. The maximum atomic E-state index is 6.52. The van der Waals surface area contributed by atoms with Gasteiger partial charge in [-0.3, -0.25) is 0 Å². The normalized spacial score (nSPS) is 15.0. The van der Waals surface area contributed by atoms with Crippen molar-refractivity contribution >= 4 is 50.9 Å². The fourth-order valence-electron chi connectivity index (χ4n) is 3.21. The molecule has 11 heteroatoms. The van der Waals surface area contributed by atoms with Gasteiger partial charge in [-0.1, -0.05) is 11.4 Å². The van der Waals surface area contributed by atoms with Crippen LogP contribution in [0.5, 0.6) is 0 Å². The van der Waals surface area contributed by atoms with Crippen LogP contribution in [-0.4, -0.2) is 50.9 Å². The molecule has 0 aromatic heterocycles. The zero-order valence-corrected chi connectivity index (χ0v) is 25.6. The molecule has 0 rings (SSSR count). The van der Waals surface area contributed by atoms with E-state index in [1.54, 1.807) is 0 Å². The zero-order valence-electron chi connectivity index (χ0n) is 19.6. The molecular formula is C16H42O5Si6. The first kappa shape index (κ1) is 27.6. The van der Waals surface area contributed by atoms with Crippen LogP contribution in [0.2, 0.25) is 78.6 Å². The minimum absolute atomic E-state index is 1.91. The molecule has 0 N–H and O–H groups in total. The van der Waals surface area contributed by atoms with Gasteiger partial charge in [0.15, 0.2) is 16.6 Å². The lowest BCUT2D eigenvalue weighted by atomic mass is 11.3. The van der Waals surface area contributed by atoms with Crippen molar-refractivity contribution in [1.82, 2.24) is 0 Å². The van der Waals surface area contributed by atoms with Gasteiger partial charge >= 0.3 is 34.2 Å². The maximum absolute atomic E-state index is 6.52. The molecule has 0 aromatic rings. The second kappa shape index (κ2) is 9.16. The molecule has 0 bridgehead atoms. The topological polar surface area (TPSA) is 46.2 Å². The van der Waals surface area contributed by atoms with Gasteiger partial charge in [0.2, 0.25) is 0 Å². The Balaban J connectivity index is 5.13. The van der Waals surface area contributed by atoms with Crippen LogP contribution < -0.4 is 0 Å². The van der Waals surface area contributed by atoms with Gasteiger partial charge < -0.3 is 20.6 Å². The van der Waals surface area contributed by atoms with E-state index in [9.17, 15) is 0 Å². The summed E-state index contributed by atoms with van der Waals surface area (Å²) >= 11 is 0. The van der Waals surface area contributed by atoms with Crippen LogP contribution in [0.4, 0.5) is 0 Å². The Kier molecular flexibility index (Phi) is 9.36. The highest BCUT2D eigenvalue weighted by atomic mass is 28.5. The first-order chi connectivity index (χ1) is 11.7. The molecule has 0 saturated heterocycles.